The van der Waals surface area contributed by atoms with Crippen LogP contribution in [0.25, 0.3) is 0 Å². The Morgan fingerprint density at radius 2 is 2.16 bits per heavy atom. The Bertz CT molecular complexity index is 791. The first-order valence-electron chi connectivity index (χ1n) is 8.71. The van der Waals surface area contributed by atoms with Crippen LogP contribution in [0.2, 0.25) is 0 Å². The summed E-state index contributed by atoms with van der Waals surface area (Å²) in [6.45, 7) is 4.50. The van der Waals surface area contributed by atoms with Crippen molar-refractivity contribution in [1.82, 2.24) is 5.32 Å². The van der Waals surface area contributed by atoms with Gasteiger partial charge in [-0.05, 0) is 43.2 Å². The Kier molecular flexibility index (Phi) is 5.52. The molecule has 5 heteroatoms. The van der Waals surface area contributed by atoms with Crippen LogP contribution in [0, 0.1) is 17.2 Å². The van der Waals surface area contributed by atoms with Crippen LogP contribution in [0.4, 0.5) is 5.00 Å². The summed E-state index contributed by atoms with van der Waals surface area (Å²) >= 11 is 1.57. The Hall–Kier alpha value is -2.16. The van der Waals surface area contributed by atoms with E-state index in [1.807, 2.05) is 37.3 Å². The maximum atomic E-state index is 12.3. The van der Waals surface area contributed by atoms with Crippen LogP contribution in [-0.2, 0) is 17.6 Å². The second-order valence-electron chi connectivity index (χ2n) is 6.73. The number of amides is 1. The molecule has 0 aliphatic heterocycles. The fourth-order valence-electron chi connectivity index (χ4n) is 3.23. The molecule has 0 saturated heterocycles. The maximum Gasteiger partial charge on any atom is 0.238 e. The van der Waals surface area contributed by atoms with E-state index in [1.54, 1.807) is 11.3 Å². The lowest BCUT2D eigenvalue weighted by Crippen LogP contribution is -2.30. The molecule has 0 fully saturated rings. The van der Waals surface area contributed by atoms with Gasteiger partial charge in [-0.1, -0.05) is 37.3 Å². The molecule has 1 aliphatic carbocycles. The van der Waals surface area contributed by atoms with Crippen molar-refractivity contribution in [2.75, 3.05) is 11.9 Å². The molecule has 25 heavy (non-hydrogen) atoms. The second-order valence-corrected chi connectivity index (χ2v) is 7.83. The highest BCUT2D eigenvalue weighted by Gasteiger charge is 2.24. The number of hydrogen-bond acceptors (Lipinski definition) is 4. The molecule has 0 radical (unpaired) electrons. The zero-order valence-electron chi connectivity index (χ0n) is 14.6. The van der Waals surface area contributed by atoms with Crippen LogP contribution in [0.3, 0.4) is 0 Å². The highest BCUT2D eigenvalue weighted by atomic mass is 32.1. The number of fused-ring (bicyclic) bond motifs is 1. The quantitative estimate of drug-likeness (QED) is 0.853. The predicted octanol–water partition coefficient (Wildman–Crippen LogP) is 4.03. The zero-order valence-corrected chi connectivity index (χ0v) is 15.5. The third-order valence-electron chi connectivity index (χ3n) is 4.74. The number of benzene rings is 1. The molecule has 0 bridgehead atoms. The Labute approximate surface area is 152 Å². The molecule has 1 aliphatic rings. The molecular formula is C20H23N3OS. The van der Waals surface area contributed by atoms with Crippen LogP contribution >= 0.6 is 11.3 Å². The van der Waals surface area contributed by atoms with Gasteiger partial charge in [0.2, 0.25) is 5.91 Å². The number of carbonyl (C=O) groups excluding carboxylic acids is 1. The first kappa shape index (κ1) is 17.7. The van der Waals surface area contributed by atoms with E-state index in [1.165, 1.54) is 4.88 Å². The first-order chi connectivity index (χ1) is 12.1. The second kappa shape index (κ2) is 7.81. The number of nitrogens with zero attached hydrogens (tertiary/aromatic N) is 1. The molecule has 0 spiro atoms. The summed E-state index contributed by atoms with van der Waals surface area (Å²) in [5.41, 5.74) is 2.96. The van der Waals surface area contributed by atoms with Crippen molar-refractivity contribution in [3.63, 3.8) is 0 Å². The van der Waals surface area contributed by atoms with Gasteiger partial charge in [-0.3, -0.25) is 4.79 Å². The molecule has 3 rings (SSSR count). The molecule has 0 unspecified atom stereocenters. The lowest BCUT2D eigenvalue weighted by molar-refractivity contribution is -0.115. The number of hydrogen-bond donors (Lipinski definition) is 2. The van der Waals surface area contributed by atoms with Gasteiger partial charge < -0.3 is 10.6 Å². The summed E-state index contributed by atoms with van der Waals surface area (Å²) in [6.07, 6.45) is 3.06. The number of carbonyl (C=O) groups is 1. The molecule has 130 valence electrons. The minimum absolute atomic E-state index is 0.0970. The van der Waals surface area contributed by atoms with Gasteiger partial charge in [0.25, 0.3) is 0 Å². The van der Waals surface area contributed by atoms with E-state index in [2.05, 4.69) is 23.6 Å². The first-order valence-corrected chi connectivity index (χ1v) is 9.53. The Morgan fingerprint density at radius 1 is 1.40 bits per heavy atom. The fourth-order valence-corrected chi connectivity index (χ4v) is 4.61. The molecule has 0 saturated carbocycles. The predicted molar refractivity (Wildman–Crippen MR) is 102 cm³/mol. The third-order valence-corrected chi connectivity index (χ3v) is 5.91. The lowest BCUT2D eigenvalue weighted by atomic mass is 9.89. The van der Waals surface area contributed by atoms with Gasteiger partial charge in [-0.25, -0.2) is 0 Å². The molecule has 1 amide bonds. The van der Waals surface area contributed by atoms with Crippen molar-refractivity contribution < 1.29 is 4.79 Å². The van der Waals surface area contributed by atoms with Gasteiger partial charge in [0.15, 0.2) is 0 Å². The highest BCUT2D eigenvalue weighted by Crippen LogP contribution is 2.39. The monoisotopic (exact) mass is 353 g/mol. The Balaban J connectivity index is 1.63. The molecular weight excluding hydrogens is 330 g/mol. The molecule has 4 nitrogen and oxygen atoms in total. The number of thiophene rings is 1. The molecule has 2 aromatic rings. The lowest BCUT2D eigenvalue weighted by Gasteiger charge is -2.17. The topological polar surface area (TPSA) is 64.9 Å². The maximum absolute atomic E-state index is 12.3. The largest absolute Gasteiger partial charge is 0.315 e. The van der Waals surface area contributed by atoms with E-state index in [0.29, 0.717) is 16.5 Å². The van der Waals surface area contributed by atoms with Crippen molar-refractivity contribution in [1.29, 1.82) is 5.26 Å². The summed E-state index contributed by atoms with van der Waals surface area (Å²) in [6, 6.07) is 12.4. The summed E-state index contributed by atoms with van der Waals surface area (Å²) < 4.78 is 0. The minimum Gasteiger partial charge on any atom is -0.315 e. The van der Waals surface area contributed by atoms with E-state index >= 15 is 0 Å². The van der Waals surface area contributed by atoms with E-state index in [0.717, 1.165) is 30.4 Å². The number of nitriles is 1. The van der Waals surface area contributed by atoms with Gasteiger partial charge in [-0.2, -0.15) is 5.26 Å². The van der Waals surface area contributed by atoms with Crippen molar-refractivity contribution in [3.05, 3.63) is 51.9 Å². The molecule has 1 aromatic heterocycles. The molecule has 1 heterocycles. The average molecular weight is 353 g/mol. The SMILES string of the molecule is C[C@H]1CCc2c(sc(NC(=O)CN[C@@H](C)c3ccccc3)c2C#N)C1. The summed E-state index contributed by atoms with van der Waals surface area (Å²) in [7, 11) is 0. The van der Waals surface area contributed by atoms with Crippen molar-refractivity contribution in [3.8, 4) is 6.07 Å². The van der Waals surface area contributed by atoms with Crippen LogP contribution in [0.5, 0.6) is 0 Å². The standard InChI is InChI=1S/C20H23N3OS/c1-13-8-9-16-17(11-21)20(25-18(16)10-13)23-19(24)12-22-14(2)15-6-4-3-5-7-15/h3-7,13-14,22H,8-10,12H2,1-2H3,(H,23,24)/t13-,14-/m0/s1. The number of nitrogens with one attached hydrogen (secondary N) is 2. The van der Waals surface area contributed by atoms with Crippen LogP contribution < -0.4 is 10.6 Å². The smallest absolute Gasteiger partial charge is 0.238 e. The number of anilines is 1. The van der Waals surface area contributed by atoms with E-state index in [-0.39, 0.29) is 18.5 Å². The average Bonchev–Trinajstić information content (AvgIpc) is 2.96. The fraction of sp³-hybridized carbons (Fsp3) is 0.400. The summed E-state index contributed by atoms with van der Waals surface area (Å²) in [5.74, 6) is 0.542. The minimum atomic E-state index is -0.106. The highest BCUT2D eigenvalue weighted by molar-refractivity contribution is 7.16. The van der Waals surface area contributed by atoms with Gasteiger partial charge >= 0.3 is 0 Å². The zero-order chi connectivity index (χ0) is 17.8. The van der Waals surface area contributed by atoms with Gasteiger partial charge in [0.1, 0.15) is 11.1 Å². The molecule has 2 N–H and O–H groups in total. The summed E-state index contributed by atoms with van der Waals surface area (Å²) in [4.78, 5) is 13.6. The van der Waals surface area contributed by atoms with Crippen LogP contribution in [0.15, 0.2) is 30.3 Å². The van der Waals surface area contributed by atoms with Crippen LogP contribution in [-0.4, -0.2) is 12.5 Å². The van der Waals surface area contributed by atoms with Gasteiger partial charge in [0, 0.05) is 10.9 Å². The van der Waals surface area contributed by atoms with Crippen molar-refractivity contribution >= 4 is 22.2 Å². The van der Waals surface area contributed by atoms with Gasteiger partial charge in [-0.15, -0.1) is 11.3 Å². The van der Waals surface area contributed by atoms with E-state index in [4.69, 9.17) is 0 Å². The molecule has 2 atom stereocenters. The van der Waals surface area contributed by atoms with Crippen molar-refractivity contribution in [2.24, 2.45) is 5.92 Å². The van der Waals surface area contributed by atoms with E-state index in [9.17, 15) is 10.1 Å². The Morgan fingerprint density at radius 3 is 2.88 bits per heavy atom. The van der Waals surface area contributed by atoms with Crippen molar-refractivity contribution in [2.45, 2.75) is 39.2 Å². The van der Waals surface area contributed by atoms with Crippen LogP contribution in [0.1, 0.15) is 47.9 Å². The molecule has 1 aromatic carbocycles. The third kappa shape index (κ3) is 4.09. The van der Waals surface area contributed by atoms with E-state index < -0.39 is 0 Å². The number of rotatable bonds is 5. The normalized spacial score (nSPS) is 17.4. The van der Waals surface area contributed by atoms with Gasteiger partial charge in [0.05, 0.1) is 12.1 Å². The summed E-state index contributed by atoms with van der Waals surface area (Å²) in [5, 5.41) is 16.4.